The van der Waals surface area contributed by atoms with Crippen LogP contribution in [-0.4, -0.2) is 35.3 Å². The summed E-state index contributed by atoms with van der Waals surface area (Å²) in [6, 6.07) is 0. The van der Waals surface area contributed by atoms with Gasteiger partial charge in [0.05, 0.1) is 0 Å². The summed E-state index contributed by atoms with van der Waals surface area (Å²) in [5, 5.41) is 9.44. The highest BCUT2D eigenvalue weighted by Gasteiger charge is 2.88. The molecular weight excluding hydrogens is 381 g/mol. The van der Waals surface area contributed by atoms with E-state index in [9.17, 15) is 23.2 Å². The normalized spacial score (nSPS) is 52.9. The average molecular weight is 408 g/mol. The van der Waals surface area contributed by atoms with Crippen molar-refractivity contribution in [1.29, 1.82) is 0 Å². The molecule has 0 radical (unpaired) electrons. The van der Waals surface area contributed by atoms with Crippen molar-refractivity contribution in [2.75, 3.05) is 0 Å². The van der Waals surface area contributed by atoms with Gasteiger partial charge in [-0.3, -0.25) is 0 Å². The van der Waals surface area contributed by atoms with Crippen LogP contribution < -0.4 is 0 Å². The molecule has 2 unspecified atom stereocenters. The first-order chi connectivity index (χ1) is 12.9. The minimum Gasteiger partial charge on any atom is -0.429 e. The molecule has 2 aliphatic carbocycles. The topological polar surface area (TPSA) is 74.2 Å². The van der Waals surface area contributed by atoms with Crippen molar-refractivity contribution in [3.8, 4) is 0 Å². The molecule has 0 amide bonds. The maximum absolute atomic E-state index is 12.8. The molecule has 4 rings (SSSR count). The number of carbonyl (C=O) groups is 1. The first kappa shape index (κ1) is 20.4. The monoisotopic (exact) mass is 408 g/mol. The molecule has 9 heteroatoms. The average Bonchev–Trinajstić information content (AvgIpc) is 3.14. The Kier molecular flexibility index (Phi) is 4.41. The van der Waals surface area contributed by atoms with Gasteiger partial charge in [0.1, 0.15) is 0 Å². The van der Waals surface area contributed by atoms with Crippen molar-refractivity contribution in [3.05, 3.63) is 0 Å². The first-order valence-corrected chi connectivity index (χ1v) is 9.91. The molecule has 1 N–H and O–H groups in total. The molecule has 6 nitrogen and oxygen atoms in total. The van der Waals surface area contributed by atoms with E-state index in [0.717, 1.165) is 19.3 Å². The molecule has 2 heterocycles. The van der Waals surface area contributed by atoms with Gasteiger partial charge < -0.3 is 14.2 Å². The van der Waals surface area contributed by atoms with Gasteiger partial charge in [-0.2, -0.15) is 13.2 Å². The molecule has 0 aromatic carbocycles. The molecule has 2 aliphatic heterocycles. The van der Waals surface area contributed by atoms with Gasteiger partial charge in [-0.25, -0.2) is 14.9 Å². The van der Waals surface area contributed by atoms with Crippen LogP contribution >= 0.6 is 0 Å². The lowest BCUT2D eigenvalue weighted by atomic mass is 9.58. The number of alkyl halides is 3. The highest BCUT2D eigenvalue weighted by Crippen LogP contribution is 2.81. The Morgan fingerprint density at radius 2 is 1.82 bits per heavy atom. The Bertz CT molecular complexity index is 671. The van der Waals surface area contributed by atoms with Crippen molar-refractivity contribution in [1.82, 2.24) is 0 Å². The van der Waals surface area contributed by atoms with Crippen molar-refractivity contribution in [3.63, 3.8) is 0 Å². The number of esters is 1. The fraction of sp³-hybridized carbons (Fsp3) is 0.947. The lowest BCUT2D eigenvalue weighted by molar-refractivity contribution is -0.450. The van der Waals surface area contributed by atoms with Gasteiger partial charge in [0.15, 0.2) is 5.79 Å². The third-order valence-electron chi connectivity index (χ3n) is 7.93. The molecular formula is C19H27F3O6. The second-order valence-corrected chi connectivity index (χ2v) is 9.20. The zero-order valence-electron chi connectivity index (χ0n) is 16.4. The summed E-state index contributed by atoms with van der Waals surface area (Å²) in [6.07, 6.45) is -3.54. The Labute approximate surface area is 161 Å². The van der Waals surface area contributed by atoms with E-state index < -0.39 is 35.9 Å². The third kappa shape index (κ3) is 2.45. The molecule has 9 atom stereocenters. The summed E-state index contributed by atoms with van der Waals surface area (Å²) in [6.45, 7) is 7.51. The fourth-order valence-electron chi connectivity index (χ4n) is 6.69. The molecule has 1 spiro atoms. The van der Waals surface area contributed by atoms with E-state index in [-0.39, 0.29) is 23.2 Å². The fourth-order valence-corrected chi connectivity index (χ4v) is 6.69. The van der Waals surface area contributed by atoms with Gasteiger partial charge in [-0.1, -0.05) is 27.2 Å². The maximum Gasteiger partial charge on any atom is 0.491 e. The van der Waals surface area contributed by atoms with Crippen LogP contribution in [0.15, 0.2) is 0 Å². The van der Waals surface area contributed by atoms with Crippen molar-refractivity contribution < 1.29 is 42.3 Å². The number of hydrogen-bond acceptors (Lipinski definition) is 6. The van der Waals surface area contributed by atoms with Gasteiger partial charge in [-0.05, 0) is 37.5 Å². The molecule has 2 saturated heterocycles. The SMILES string of the molecule is C[C@@H]1CC[C@H]2[C@@H](C)C(OC(=O)C(F)(F)F)OC34O[C@](C)(OO)CC[C@@H]1[C@@]23[C@H]4C. The summed E-state index contributed by atoms with van der Waals surface area (Å²) < 4.78 is 55.3. The molecule has 0 aromatic rings. The first-order valence-electron chi connectivity index (χ1n) is 9.91. The highest BCUT2D eigenvalue weighted by atomic mass is 19.4. The lowest BCUT2D eigenvalue weighted by Crippen LogP contribution is -2.55. The van der Waals surface area contributed by atoms with E-state index in [0.29, 0.717) is 12.3 Å². The second kappa shape index (κ2) is 6.06. The van der Waals surface area contributed by atoms with Crippen molar-refractivity contribution >= 4 is 5.97 Å². The van der Waals surface area contributed by atoms with Crippen LogP contribution in [0.4, 0.5) is 13.2 Å². The van der Waals surface area contributed by atoms with E-state index >= 15 is 0 Å². The predicted molar refractivity (Wildman–Crippen MR) is 88.3 cm³/mol. The van der Waals surface area contributed by atoms with Crippen molar-refractivity contribution in [2.24, 2.45) is 35.0 Å². The second-order valence-electron chi connectivity index (χ2n) is 9.20. The zero-order valence-corrected chi connectivity index (χ0v) is 16.4. The van der Waals surface area contributed by atoms with Crippen molar-refractivity contribution in [2.45, 2.75) is 77.4 Å². The molecule has 28 heavy (non-hydrogen) atoms. The van der Waals surface area contributed by atoms with Gasteiger partial charge in [0, 0.05) is 23.7 Å². The minimum atomic E-state index is -5.10. The Balaban J connectivity index is 1.73. The number of hydrogen-bond donors (Lipinski definition) is 1. The predicted octanol–water partition coefficient (Wildman–Crippen LogP) is 4.10. The lowest BCUT2D eigenvalue weighted by Gasteiger charge is -2.51. The third-order valence-corrected chi connectivity index (χ3v) is 7.93. The van der Waals surface area contributed by atoms with Gasteiger partial charge >= 0.3 is 12.1 Å². The molecule has 4 fully saturated rings. The van der Waals surface area contributed by atoms with Gasteiger partial charge in [0.25, 0.3) is 0 Å². The van der Waals surface area contributed by atoms with E-state index in [1.165, 1.54) is 0 Å². The number of rotatable bonds is 2. The van der Waals surface area contributed by atoms with Crippen LogP contribution in [0, 0.1) is 35.0 Å². The van der Waals surface area contributed by atoms with Crippen LogP contribution in [0.2, 0.25) is 0 Å². The summed E-state index contributed by atoms with van der Waals surface area (Å²) in [7, 11) is 0. The van der Waals surface area contributed by atoms with Gasteiger partial charge in [-0.15, -0.1) is 0 Å². The van der Waals surface area contributed by atoms with E-state index in [2.05, 4.69) is 11.8 Å². The summed E-state index contributed by atoms with van der Waals surface area (Å²) in [5.41, 5.74) is -0.387. The maximum atomic E-state index is 12.8. The standard InChI is InChI=1S/C19H27F3O6/c1-9-5-6-13-10(2)14(25-15(23)19(20,21)22)26-18-11(3)17(13,18)12(9)7-8-16(4,27-18)28-24/h9-14,24H,5-8H2,1-4H3/t9-,10-,11-,12+,13+,14?,16-,17+,18?/m1/s1. The smallest absolute Gasteiger partial charge is 0.429 e. The van der Waals surface area contributed by atoms with E-state index in [1.54, 1.807) is 13.8 Å². The Hall–Kier alpha value is -0.900. The van der Waals surface area contributed by atoms with E-state index in [1.807, 2.05) is 6.92 Å². The number of halogens is 3. The molecule has 4 aliphatic rings. The highest BCUT2D eigenvalue weighted by molar-refractivity contribution is 5.75. The Morgan fingerprint density at radius 3 is 2.43 bits per heavy atom. The number of ether oxygens (including phenoxy) is 3. The number of carbonyl (C=O) groups excluding carboxylic acids is 1. The molecule has 2 saturated carbocycles. The van der Waals surface area contributed by atoms with E-state index in [4.69, 9.17) is 14.2 Å². The molecule has 0 bridgehead atoms. The van der Waals surface area contributed by atoms with Crippen LogP contribution in [0.1, 0.15) is 53.4 Å². The van der Waals surface area contributed by atoms with Crippen LogP contribution in [0.3, 0.4) is 0 Å². The minimum absolute atomic E-state index is 0.00970. The quantitative estimate of drug-likeness (QED) is 0.421. The van der Waals surface area contributed by atoms with Crippen LogP contribution in [0.5, 0.6) is 0 Å². The zero-order chi connectivity index (χ0) is 20.7. The largest absolute Gasteiger partial charge is 0.491 e. The molecule has 160 valence electrons. The summed E-state index contributed by atoms with van der Waals surface area (Å²) in [4.78, 5) is 16.1. The summed E-state index contributed by atoms with van der Waals surface area (Å²) >= 11 is 0. The molecule has 0 aromatic heterocycles. The Morgan fingerprint density at radius 1 is 1.14 bits per heavy atom. The summed E-state index contributed by atoms with van der Waals surface area (Å²) in [5.74, 6) is -4.77. The van der Waals surface area contributed by atoms with Gasteiger partial charge in [0.2, 0.25) is 12.1 Å². The van der Waals surface area contributed by atoms with Crippen LogP contribution in [-0.2, 0) is 23.9 Å². The van der Waals surface area contributed by atoms with Crippen LogP contribution in [0.25, 0.3) is 0 Å².